The molecule has 5 heteroatoms. The Morgan fingerprint density at radius 3 is 2.89 bits per heavy atom. The van der Waals surface area contributed by atoms with E-state index in [9.17, 15) is 5.11 Å². The van der Waals surface area contributed by atoms with Crippen molar-refractivity contribution in [3.8, 4) is 10.4 Å². The van der Waals surface area contributed by atoms with Crippen molar-refractivity contribution in [3.63, 3.8) is 0 Å². The number of aromatic nitrogens is 1. The number of hydrogen-bond acceptors (Lipinski definition) is 5. The van der Waals surface area contributed by atoms with E-state index in [-0.39, 0.29) is 0 Å². The lowest BCUT2D eigenvalue weighted by Gasteiger charge is -2.08. The van der Waals surface area contributed by atoms with E-state index in [0.717, 1.165) is 10.0 Å². The average Bonchev–Trinajstić information content (AvgIpc) is 2.89. The van der Waals surface area contributed by atoms with Gasteiger partial charge in [-0.1, -0.05) is 41.7 Å². The molecule has 0 fully saturated rings. The minimum atomic E-state index is -0.425. The zero-order chi connectivity index (χ0) is 13.5. The molecule has 102 valence electrons. The number of ether oxygens (including phenoxy) is 1. The van der Waals surface area contributed by atoms with Gasteiger partial charge in [-0.25, -0.2) is 4.98 Å². The summed E-state index contributed by atoms with van der Waals surface area (Å²) in [6, 6.07) is 10.2. The summed E-state index contributed by atoms with van der Waals surface area (Å²) in [5.41, 5.74) is 1.17. The van der Waals surface area contributed by atoms with Gasteiger partial charge >= 0.3 is 0 Å². The minimum absolute atomic E-state index is 0.370. The molecule has 2 N–H and O–H groups in total. The smallest absolute Gasteiger partial charge is 0.183 e. The number of anilines is 1. The maximum atomic E-state index is 9.53. The van der Waals surface area contributed by atoms with E-state index in [1.54, 1.807) is 18.4 Å². The van der Waals surface area contributed by atoms with Crippen LogP contribution in [0, 0.1) is 0 Å². The fraction of sp³-hybridized carbons (Fsp3) is 0.357. The zero-order valence-corrected chi connectivity index (χ0v) is 11.7. The van der Waals surface area contributed by atoms with E-state index in [4.69, 9.17) is 4.74 Å². The molecule has 1 atom stereocenters. The molecule has 0 spiro atoms. The molecule has 0 bridgehead atoms. The normalized spacial score (nSPS) is 12.3. The molecule has 0 radical (unpaired) electrons. The van der Waals surface area contributed by atoms with Gasteiger partial charge in [0.2, 0.25) is 0 Å². The highest BCUT2D eigenvalue weighted by Crippen LogP contribution is 2.28. The zero-order valence-electron chi connectivity index (χ0n) is 10.9. The number of hydrogen-bond donors (Lipinski definition) is 2. The second-order valence-corrected chi connectivity index (χ2v) is 5.25. The van der Waals surface area contributed by atoms with Gasteiger partial charge in [0, 0.05) is 19.9 Å². The Bertz CT molecular complexity index is 487. The third-order valence-corrected chi connectivity index (χ3v) is 3.68. The number of aliphatic hydroxyl groups is 1. The van der Waals surface area contributed by atoms with Crippen molar-refractivity contribution in [1.29, 1.82) is 0 Å². The summed E-state index contributed by atoms with van der Waals surface area (Å²) in [4.78, 5) is 5.47. The van der Waals surface area contributed by atoms with Crippen LogP contribution in [-0.4, -0.2) is 36.5 Å². The van der Waals surface area contributed by atoms with Crippen LogP contribution in [0.5, 0.6) is 0 Å². The first-order valence-electron chi connectivity index (χ1n) is 6.21. The first-order chi connectivity index (χ1) is 9.29. The van der Waals surface area contributed by atoms with Crippen LogP contribution in [-0.2, 0) is 4.74 Å². The van der Waals surface area contributed by atoms with Gasteiger partial charge in [-0.05, 0) is 12.0 Å². The van der Waals surface area contributed by atoms with Gasteiger partial charge in [0.25, 0.3) is 0 Å². The van der Waals surface area contributed by atoms with E-state index < -0.39 is 6.10 Å². The molecule has 2 aromatic rings. The number of nitrogens with one attached hydrogen (secondary N) is 1. The van der Waals surface area contributed by atoms with Crippen LogP contribution >= 0.6 is 11.3 Å². The Labute approximate surface area is 117 Å². The van der Waals surface area contributed by atoms with Crippen LogP contribution in [0.2, 0.25) is 0 Å². The number of aliphatic hydroxyl groups excluding tert-OH is 1. The summed E-state index contributed by atoms with van der Waals surface area (Å²) in [5, 5.41) is 13.6. The van der Waals surface area contributed by atoms with Crippen molar-refractivity contribution in [2.45, 2.75) is 12.5 Å². The first-order valence-corrected chi connectivity index (χ1v) is 7.03. The van der Waals surface area contributed by atoms with Gasteiger partial charge in [0.15, 0.2) is 5.13 Å². The maximum Gasteiger partial charge on any atom is 0.183 e. The standard InChI is InChI=1S/C14H18N2O2S/c1-18-10-12(17)7-8-15-14-16-9-13(19-14)11-5-3-2-4-6-11/h2-6,9,12,17H,7-8,10H2,1H3,(H,15,16). The number of rotatable bonds is 7. The quantitative estimate of drug-likeness (QED) is 0.817. The van der Waals surface area contributed by atoms with Crippen molar-refractivity contribution in [2.24, 2.45) is 0 Å². The SMILES string of the molecule is COCC(O)CCNc1ncc(-c2ccccc2)s1. The Hall–Kier alpha value is -1.43. The van der Waals surface area contributed by atoms with Gasteiger partial charge in [-0.2, -0.15) is 0 Å². The Morgan fingerprint density at radius 1 is 1.37 bits per heavy atom. The number of nitrogens with zero attached hydrogens (tertiary/aromatic N) is 1. The molecule has 1 unspecified atom stereocenters. The summed E-state index contributed by atoms with van der Waals surface area (Å²) >= 11 is 1.62. The van der Waals surface area contributed by atoms with E-state index in [0.29, 0.717) is 19.6 Å². The van der Waals surface area contributed by atoms with Crippen molar-refractivity contribution in [3.05, 3.63) is 36.5 Å². The molecule has 0 saturated carbocycles. The third kappa shape index (κ3) is 4.31. The van der Waals surface area contributed by atoms with E-state index in [2.05, 4.69) is 22.4 Å². The Morgan fingerprint density at radius 2 is 2.16 bits per heavy atom. The molecule has 2 rings (SSSR count). The molecule has 1 aromatic heterocycles. The van der Waals surface area contributed by atoms with E-state index >= 15 is 0 Å². The van der Waals surface area contributed by atoms with Gasteiger partial charge in [0.05, 0.1) is 17.6 Å². The van der Waals surface area contributed by atoms with E-state index in [1.807, 2.05) is 24.4 Å². The van der Waals surface area contributed by atoms with Crippen LogP contribution in [0.15, 0.2) is 36.5 Å². The molecule has 1 aromatic carbocycles. The lowest BCUT2D eigenvalue weighted by Crippen LogP contribution is -2.18. The highest BCUT2D eigenvalue weighted by molar-refractivity contribution is 7.18. The number of methoxy groups -OCH3 is 1. The van der Waals surface area contributed by atoms with Crippen LogP contribution in [0.4, 0.5) is 5.13 Å². The molecule has 0 saturated heterocycles. The van der Waals surface area contributed by atoms with E-state index in [1.165, 1.54) is 5.56 Å². The molecule has 1 heterocycles. The molecule has 0 amide bonds. The fourth-order valence-corrected chi connectivity index (χ4v) is 2.56. The van der Waals surface area contributed by atoms with Gasteiger partial charge in [-0.3, -0.25) is 0 Å². The molecule has 19 heavy (non-hydrogen) atoms. The topological polar surface area (TPSA) is 54.4 Å². The Balaban J connectivity index is 1.85. The molecule has 0 aliphatic heterocycles. The average molecular weight is 278 g/mol. The molecular weight excluding hydrogens is 260 g/mol. The summed E-state index contributed by atoms with van der Waals surface area (Å²) < 4.78 is 4.88. The third-order valence-electron chi connectivity index (χ3n) is 2.68. The second-order valence-electron chi connectivity index (χ2n) is 4.22. The van der Waals surface area contributed by atoms with Crippen molar-refractivity contribution < 1.29 is 9.84 Å². The summed E-state index contributed by atoms with van der Waals surface area (Å²) in [6.45, 7) is 1.06. The van der Waals surface area contributed by atoms with Gasteiger partial charge in [0.1, 0.15) is 0 Å². The summed E-state index contributed by atoms with van der Waals surface area (Å²) in [6.07, 6.45) is 2.09. The first kappa shape index (κ1) is 14.0. The minimum Gasteiger partial charge on any atom is -0.391 e. The number of thiazole rings is 1. The Kier molecular flexibility index (Phi) is 5.32. The largest absolute Gasteiger partial charge is 0.391 e. The maximum absolute atomic E-state index is 9.53. The predicted octanol–water partition coefficient (Wildman–Crippen LogP) is 2.62. The molecular formula is C14H18N2O2S. The van der Waals surface area contributed by atoms with Crippen LogP contribution in [0.25, 0.3) is 10.4 Å². The highest BCUT2D eigenvalue weighted by atomic mass is 32.1. The van der Waals surface area contributed by atoms with Crippen LogP contribution < -0.4 is 5.32 Å². The van der Waals surface area contributed by atoms with Crippen molar-refractivity contribution >= 4 is 16.5 Å². The molecule has 0 aliphatic carbocycles. The van der Waals surface area contributed by atoms with Crippen LogP contribution in [0.1, 0.15) is 6.42 Å². The van der Waals surface area contributed by atoms with Gasteiger partial charge in [-0.15, -0.1) is 0 Å². The number of benzene rings is 1. The highest BCUT2D eigenvalue weighted by Gasteiger charge is 2.05. The lowest BCUT2D eigenvalue weighted by atomic mass is 10.2. The van der Waals surface area contributed by atoms with Gasteiger partial charge < -0.3 is 15.2 Å². The monoisotopic (exact) mass is 278 g/mol. The van der Waals surface area contributed by atoms with Crippen molar-refractivity contribution in [2.75, 3.05) is 25.6 Å². The lowest BCUT2D eigenvalue weighted by molar-refractivity contribution is 0.0615. The predicted molar refractivity (Wildman–Crippen MR) is 78.5 cm³/mol. The molecule has 4 nitrogen and oxygen atoms in total. The second kappa shape index (κ2) is 7.23. The van der Waals surface area contributed by atoms with Crippen molar-refractivity contribution in [1.82, 2.24) is 4.98 Å². The van der Waals surface area contributed by atoms with Crippen LogP contribution in [0.3, 0.4) is 0 Å². The summed E-state index contributed by atoms with van der Waals surface area (Å²) in [7, 11) is 1.59. The molecule has 0 aliphatic rings. The fourth-order valence-electron chi connectivity index (χ4n) is 1.71. The summed E-state index contributed by atoms with van der Waals surface area (Å²) in [5.74, 6) is 0.